The van der Waals surface area contributed by atoms with Crippen molar-refractivity contribution in [2.75, 3.05) is 13.1 Å². The normalized spacial score (nSPS) is 40.3. The standard InChI is InChI=1S/C13H25N/c1-4-5-14-9-13(10(2)3)7-11-6-12(11)8-13/h10-12,14H,4-9H2,1-3H3. The Balaban J connectivity index is 1.87. The highest BCUT2D eigenvalue weighted by molar-refractivity contribution is 5.05. The van der Waals surface area contributed by atoms with Gasteiger partial charge in [-0.1, -0.05) is 20.8 Å². The van der Waals surface area contributed by atoms with E-state index in [-0.39, 0.29) is 0 Å². The minimum absolute atomic E-state index is 0.656. The lowest BCUT2D eigenvalue weighted by molar-refractivity contribution is 0.167. The molecule has 0 saturated heterocycles. The van der Waals surface area contributed by atoms with Crippen molar-refractivity contribution >= 4 is 0 Å². The van der Waals surface area contributed by atoms with E-state index in [4.69, 9.17) is 0 Å². The molecule has 0 bridgehead atoms. The highest BCUT2D eigenvalue weighted by Gasteiger charge is 2.54. The van der Waals surface area contributed by atoms with Crippen molar-refractivity contribution < 1.29 is 0 Å². The maximum atomic E-state index is 3.64. The van der Waals surface area contributed by atoms with E-state index in [0.29, 0.717) is 5.41 Å². The molecule has 2 saturated carbocycles. The van der Waals surface area contributed by atoms with E-state index in [1.165, 1.54) is 32.4 Å². The summed E-state index contributed by atoms with van der Waals surface area (Å²) in [5.74, 6) is 3.08. The maximum Gasteiger partial charge on any atom is 0.00105 e. The molecule has 1 nitrogen and oxygen atoms in total. The van der Waals surface area contributed by atoms with Crippen LogP contribution in [0.1, 0.15) is 46.5 Å². The average molecular weight is 195 g/mol. The molecule has 0 radical (unpaired) electrons. The van der Waals surface area contributed by atoms with Gasteiger partial charge in [0.1, 0.15) is 0 Å². The fourth-order valence-corrected chi connectivity index (χ4v) is 3.27. The lowest BCUT2D eigenvalue weighted by Crippen LogP contribution is -2.37. The fraction of sp³-hybridized carbons (Fsp3) is 1.00. The van der Waals surface area contributed by atoms with Crippen LogP contribution in [0.2, 0.25) is 0 Å². The van der Waals surface area contributed by atoms with E-state index < -0.39 is 0 Å². The second kappa shape index (κ2) is 3.84. The van der Waals surface area contributed by atoms with Crippen LogP contribution in [0, 0.1) is 23.2 Å². The van der Waals surface area contributed by atoms with Gasteiger partial charge in [0.15, 0.2) is 0 Å². The molecule has 82 valence electrons. The minimum atomic E-state index is 0.656. The summed E-state index contributed by atoms with van der Waals surface area (Å²) in [6, 6.07) is 0. The zero-order chi connectivity index (χ0) is 10.2. The average Bonchev–Trinajstić information content (AvgIpc) is 2.75. The van der Waals surface area contributed by atoms with E-state index in [1.54, 1.807) is 6.42 Å². The molecular formula is C13H25N. The predicted octanol–water partition coefficient (Wildman–Crippen LogP) is 3.06. The monoisotopic (exact) mass is 195 g/mol. The van der Waals surface area contributed by atoms with Crippen molar-refractivity contribution in [2.45, 2.75) is 46.5 Å². The molecule has 0 heterocycles. The second-order valence-electron chi connectivity index (χ2n) is 5.86. The molecule has 0 amide bonds. The van der Waals surface area contributed by atoms with Gasteiger partial charge in [0.25, 0.3) is 0 Å². The third kappa shape index (κ3) is 1.84. The summed E-state index contributed by atoms with van der Waals surface area (Å²) in [5, 5.41) is 3.64. The first kappa shape index (κ1) is 10.5. The zero-order valence-corrected chi connectivity index (χ0v) is 9.97. The summed E-state index contributed by atoms with van der Waals surface area (Å²) >= 11 is 0. The molecule has 2 aliphatic carbocycles. The molecule has 0 spiro atoms. The Morgan fingerprint density at radius 3 is 2.43 bits per heavy atom. The molecule has 0 aliphatic heterocycles. The quantitative estimate of drug-likeness (QED) is 0.665. The Labute approximate surface area is 88.7 Å². The summed E-state index contributed by atoms with van der Waals surface area (Å²) in [6.07, 6.45) is 5.82. The lowest BCUT2D eigenvalue weighted by atomic mass is 9.73. The first-order valence-corrected chi connectivity index (χ1v) is 6.38. The molecule has 0 aromatic carbocycles. The van der Waals surface area contributed by atoms with Crippen LogP contribution in [0.4, 0.5) is 0 Å². The summed E-state index contributed by atoms with van der Waals surface area (Å²) in [5.41, 5.74) is 0.656. The smallest absolute Gasteiger partial charge is 0.00105 e. The van der Waals surface area contributed by atoms with Gasteiger partial charge in [0, 0.05) is 6.54 Å². The molecule has 2 rings (SSSR count). The SMILES string of the molecule is CCCNCC1(C(C)C)CC2CC2C1. The van der Waals surface area contributed by atoms with Gasteiger partial charge in [0.2, 0.25) is 0 Å². The molecular weight excluding hydrogens is 170 g/mol. The van der Waals surface area contributed by atoms with Crippen LogP contribution in [0.5, 0.6) is 0 Å². The molecule has 0 aromatic rings. The number of nitrogens with one attached hydrogen (secondary N) is 1. The molecule has 2 aliphatic rings. The van der Waals surface area contributed by atoms with Crippen molar-refractivity contribution in [3.63, 3.8) is 0 Å². The number of fused-ring (bicyclic) bond motifs is 1. The topological polar surface area (TPSA) is 12.0 Å². The Morgan fingerprint density at radius 2 is 1.93 bits per heavy atom. The third-order valence-corrected chi connectivity index (χ3v) is 4.54. The minimum Gasteiger partial charge on any atom is -0.316 e. The molecule has 1 N–H and O–H groups in total. The molecule has 14 heavy (non-hydrogen) atoms. The van der Waals surface area contributed by atoms with Crippen LogP contribution < -0.4 is 5.32 Å². The lowest BCUT2D eigenvalue weighted by Gasteiger charge is -2.35. The van der Waals surface area contributed by atoms with E-state index in [0.717, 1.165) is 17.8 Å². The van der Waals surface area contributed by atoms with Gasteiger partial charge in [-0.3, -0.25) is 0 Å². The molecule has 0 aromatic heterocycles. The molecule has 1 heteroatoms. The van der Waals surface area contributed by atoms with E-state index in [1.807, 2.05) is 0 Å². The van der Waals surface area contributed by atoms with Crippen LogP contribution in [0.3, 0.4) is 0 Å². The van der Waals surface area contributed by atoms with Gasteiger partial charge >= 0.3 is 0 Å². The van der Waals surface area contributed by atoms with Gasteiger partial charge in [-0.15, -0.1) is 0 Å². The Bertz CT molecular complexity index is 187. The maximum absolute atomic E-state index is 3.64. The second-order valence-corrected chi connectivity index (χ2v) is 5.86. The fourth-order valence-electron chi connectivity index (χ4n) is 3.27. The van der Waals surface area contributed by atoms with E-state index in [2.05, 4.69) is 26.1 Å². The van der Waals surface area contributed by atoms with Gasteiger partial charge in [-0.05, 0) is 55.4 Å². The first-order chi connectivity index (χ1) is 6.68. The van der Waals surface area contributed by atoms with Crippen molar-refractivity contribution in [1.82, 2.24) is 5.32 Å². The summed E-state index contributed by atoms with van der Waals surface area (Å²) in [4.78, 5) is 0. The third-order valence-electron chi connectivity index (χ3n) is 4.54. The Hall–Kier alpha value is -0.0400. The van der Waals surface area contributed by atoms with Crippen molar-refractivity contribution in [3.05, 3.63) is 0 Å². The highest BCUT2D eigenvalue weighted by atomic mass is 14.9. The van der Waals surface area contributed by atoms with Gasteiger partial charge in [-0.2, -0.15) is 0 Å². The molecule has 2 fully saturated rings. The number of rotatable bonds is 5. The van der Waals surface area contributed by atoms with Crippen LogP contribution >= 0.6 is 0 Å². The van der Waals surface area contributed by atoms with Gasteiger partial charge < -0.3 is 5.32 Å². The molecule has 2 atom stereocenters. The summed E-state index contributed by atoms with van der Waals surface area (Å²) < 4.78 is 0. The summed E-state index contributed by atoms with van der Waals surface area (Å²) in [6.45, 7) is 9.55. The Kier molecular flexibility index (Phi) is 2.88. The van der Waals surface area contributed by atoms with Crippen LogP contribution in [0.25, 0.3) is 0 Å². The van der Waals surface area contributed by atoms with E-state index in [9.17, 15) is 0 Å². The Morgan fingerprint density at radius 1 is 1.29 bits per heavy atom. The summed E-state index contributed by atoms with van der Waals surface area (Å²) in [7, 11) is 0. The van der Waals surface area contributed by atoms with Gasteiger partial charge in [0.05, 0.1) is 0 Å². The van der Waals surface area contributed by atoms with E-state index >= 15 is 0 Å². The largest absolute Gasteiger partial charge is 0.316 e. The first-order valence-electron chi connectivity index (χ1n) is 6.38. The predicted molar refractivity (Wildman–Crippen MR) is 61.3 cm³/mol. The van der Waals surface area contributed by atoms with Crippen LogP contribution in [-0.4, -0.2) is 13.1 Å². The van der Waals surface area contributed by atoms with Crippen LogP contribution in [0.15, 0.2) is 0 Å². The number of hydrogen-bond donors (Lipinski definition) is 1. The van der Waals surface area contributed by atoms with Crippen molar-refractivity contribution in [1.29, 1.82) is 0 Å². The van der Waals surface area contributed by atoms with Crippen molar-refractivity contribution in [2.24, 2.45) is 23.2 Å². The zero-order valence-electron chi connectivity index (χ0n) is 9.97. The number of hydrogen-bond acceptors (Lipinski definition) is 1. The van der Waals surface area contributed by atoms with Gasteiger partial charge in [-0.25, -0.2) is 0 Å². The van der Waals surface area contributed by atoms with Crippen LogP contribution in [-0.2, 0) is 0 Å². The van der Waals surface area contributed by atoms with Crippen molar-refractivity contribution in [3.8, 4) is 0 Å². The molecule has 2 unspecified atom stereocenters. The highest BCUT2D eigenvalue weighted by Crippen LogP contribution is 2.62.